The quantitative estimate of drug-likeness (QED) is 0.182. The highest BCUT2D eigenvalue weighted by molar-refractivity contribution is 7.99. The summed E-state index contributed by atoms with van der Waals surface area (Å²) in [6.45, 7) is -0.235. The number of aromatic nitrogens is 1. The number of aliphatic hydroxyl groups is 1. The van der Waals surface area contributed by atoms with Crippen molar-refractivity contribution in [2.75, 3.05) is 26.6 Å². The molecular weight excluding hydrogens is 562 g/mol. The summed E-state index contributed by atoms with van der Waals surface area (Å²) in [4.78, 5) is 27.9. The molecule has 3 aromatic carbocycles. The van der Waals surface area contributed by atoms with Gasteiger partial charge in [-0.25, -0.2) is 9.78 Å². The van der Waals surface area contributed by atoms with Crippen molar-refractivity contribution in [3.63, 3.8) is 0 Å². The van der Waals surface area contributed by atoms with Crippen LogP contribution in [0, 0.1) is 0 Å². The van der Waals surface area contributed by atoms with Crippen molar-refractivity contribution in [3.8, 4) is 5.75 Å². The number of carbonyl (C=O) groups excluding carboxylic acids is 2. The van der Waals surface area contributed by atoms with Crippen LogP contribution < -0.4 is 4.74 Å². The lowest BCUT2D eigenvalue weighted by Crippen LogP contribution is -2.13. The SMILES string of the molecule is COC(=O)CCSC(c1cccc(C=Cc2ccc3ccc(Cl)cc3n2)c1)C(O)c1cccc(OCC(=O)OC)c1. The normalized spacial score (nSPS) is 12.7. The number of nitrogens with zero attached hydrogens (tertiary/aromatic N) is 1. The first-order chi connectivity index (χ1) is 19.9. The van der Waals surface area contributed by atoms with Gasteiger partial charge in [-0.2, -0.15) is 11.8 Å². The first kappa shape index (κ1) is 30.1. The third-order valence-corrected chi connectivity index (χ3v) is 7.83. The van der Waals surface area contributed by atoms with Gasteiger partial charge in [-0.3, -0.25) is 4.79 Å². The van der Waals surface area contributed by atoms with Crippen molar-refractivity contribution in [3.05, 3.63) is 106 Å². The molecule has 41 heavy (non-hydrogen) atoms. The highest BCUT2D eigenvalue weighted by Gasteiger charge is 2.24. The smallest absolute Gasteiger partial charge is 0.343 e. The van der Waals surface area contributed by atoms with Gasteiger partial charge in [0, 0.05) is 16.2 Å². The minimum absolute atomic E-state index is 0.212. The molecule has 1 aromatic heterocycles. The minimum atomic E-state index is -0.926. The van der Waals surface area contributed by atoms with Crippen molar-refractivity contribution >= 4 is 58.4 Å². The predicted octanol–water partition coefficient (Wildman–Crippen LogP) is 6.68. The third kappa shape index (κ3) is 8.57. The van der Waals surface area contributed by atoms with Gasteiger partial charge in [-0.15, -0.1) is 0 Å². The highest BCUT2D eigenvalue weighted by atomic mass is 35.5. The number of hydrogen-bond donors (Lipinski definition) is 1. The summed E-state index contributed by atoms with van der Waals surface area (Å²) in [6.07, 6.45) is 3.18. The number of aliphatic hydroxyl groups excluding tert-OH is 1. The number of benzene rings is 3. The van der Waals surface area contributed by atoms with Crippen molar-refractivity contribution < 1.29 is 28.9 Å². The Hall–Kier alpha value is -3.85. The molecule has 0 aliphatic heterocycles. The van der Waals surface area contributed by atoms with E-state index in [1.165, 1.54) is 26.0 Å². The Morgan fingerprint density at radius 2 is 1.68 bits per heavy atom. The number of halogens is 1. The van der Waals surface area contributed by atoms with E-state index < -0.39 is 17.3 Å². The second-order valence-electron chi connectivity index (χ2n) is 9.08. The van der Waals surface area contributed by atoms with Crippen LogP contribution >= 0.6 is 23.4 Å². The summed E-state index contributed by atoms with van der Waals surface area (Å²) in [5, 5.41) is 12.7. The van der Waals surface area contributed by atoms with Crippen LogP contribution in [0.1, 0.15) is 40.2 Å². The predicted molar refractivity (Wildman–Crippen MR) is 163 cm³/mol. The van der Waals surface area contributed by atoms with E-state index in [1.807, 2.05) is 66.7 Å². The van der Waals surface area contributed by atoms with E-state index in [2.05, 4.69) is 9.72 Å². The lowest BCUT2D eigenvalue weighted by atomic mass is 9.99. The van der Waals surface area contributed by atoms with Gasteiger partial charge in [0.2, 0.25) is 0 Å². The Labute approximate surface area is 248 Å². The molecule has 0 saturated heterocycles. The van der Waals surface area contributed by atoms with Crippen molar-refractivity contribution in [2.24, 2.45) is 0 Å². The van der Waals surface area contributed by atoms with Crippen LogP contribution in [0.3, 0.4) is 0 Å². The molecule has 2 unspecified atom stereocenters. The minimum Gasteiger partial charge on any atom is -0.482 e. The van der Waals surface area contributed by atoms with Crippen LogP contribution in [0.5, 0.6) is 5.75 Å². The molecule has 0 bridgehead atoms. The Morgan fingerprint density at radius 3 is 2.49 bits per heavy atom. The molecule has 7 nitrogen and oxygen atoms in total. The number of rotatable bonds is 12. The number of carbonyl (C=O) groups is 2. The Morgan fingerprint density at radius 1 is 0.927 bits per heavy atom. The van der Waals surface area contributed by atoms with Crippen LogP contribution in [-0.2, 0) is 19.1 Å². The fourth-order valence-electron chi connectivity index (χ4n) is 4.13. The maximum Gasteiger partial charge on any atom is 0.343 e. The zero-order chi connectivity index (χ0) is 29.2. The molecule has 0 radical (unpaired) electrons. The monoisotopic (exact) mass is 591 g/mol. The van der Waals surface area contributed by atoms with Gasteiger partial charge in [-0.1, -0.05) is 66.2 Å². The zero-order valence-electron chi connectivity index (χ0n) is 22.7. The third-order valence-electron chi connectivity index (χ3n) is 6.26. The van der Waals surface area contributed by atoms with E-state index in [9.17, 15) is 14.7 Å². The number of esters is 2. The molecule has 212 valence electrons. The van der Waals surface area contributed by atoms with Crippen LogP contribution in [0.15, 0.2) is 78.9 Å². The van der Waals surface area contributed by atoms with Gasteiger partial charge in [0.15, 0.2) is 6.61 Å². The average molecular weight is 592 g/mol. The number of thioether (sulfide) groups is 1. The largest absolute Gasteiger partial charge is 0.482 e. The summed E-state index contributed by atoms with van der Waals surface area (Å²) in [5.41, 5.74) is 4.03. The van der Waals surface area contributed by atoms with Gasteiger partial charge >= 0.3 is 11.9 Å². The number of fused-ring (bicyclic) bond motifs is 1. The highest BCUT2D eigenvalue weighted by Crippen LogP contribution is 2.41. The molecule has 0 fully saturated rings. The molecule has 0 saturated carbocycles. The lowest BCUT2D eigenvalue weighted by molar-refractivity contribution is -0.143. The first-order valence-electron chi connectivity index (χ1n) is 12.9. The van der Waals surface area contributed by atoms with E-state index in [4.69, 9.17) is 21.1 Å². The molecule has 4 aromatic rings. The molecule has 1 N–H and O–H groups in total. The van der Waals surface area contributed by atoms with Crippen LogP contribution in [0.2, 0.25) is 5.02 Å². The number of hydrogen-bond acceptors (Lipinski definition) is 8. The van der Waals surface area contributed by atoms with E-state index in [-0.39, 0.29) is 19.0 Å². The number of pyridine rings is 1. The molecule has 9 heteroatoms. The molecule has 4 rings (SSSR count). The fourth-order valence-corrected chi connectivity index (χ4v) is 5.51. The van der Waals surface area contributed by atoms with E-state index in [0.717, 1.165) is 27.7 Å². The van der Waals surface area contributed by atoms with Crippen LogP contribution in [0.4, 0.5) is 0 Å². The van der Waals surface area contributed by atoms with Gasteiger partial charge < -0.3 is 19.3 Å². The maximum atomic E-state index is 11.8. The molecule has 0 spiro atoms. The molecule has 1 heterocycles. The fraction of sp³-hybridized carbons (Fsp3) is 0.219. The first-order valence-corrected chi connectivity index (χ1v) is 14.3. The maximum absolute atomic E-state index is 11.8. The second-order valence-corrected chi connectivity index (χ2v) is 10.8. The lowest BCUT2D eigenvalue weighted by Gasteiger charge is -2.24. The van der Waals surface area contributed by atoms with Crippen LogP contribution in [-0.4, -0.2) is 48.6 Å². The summed E-state index contributed by atoms with van der Waals surface area (Å²) < 4.78 is 14.9. The van der Waals surface area contributed by atoms with Crippen molar-refractivity contribution in [1.29, 1.82) is 0 Å². The Kier molecular flexibility index (Phi) is 10.8. The standard InChI is InChI=1S/C32H30ClNO6S/c1-38-29(35)15-16-41-32(31(37)23-6-4-8-27(18-23)40-20-30(36)39-2)24-7-3-5-21(17-24)9-13-26-14-11-22-10-12-25(33)19-28(22)34-26/h3-14,17-19,31-32,37H,15-16,20H2,1-2H3. The second kappa shape index (κ2) is 14.7. The topological polar surface area (TPSA) is 95.0 Å². The molecule has 0 aliphatic rings. The van der Waals surface area contributed by atoms with Crippen LogP contribution in [0.25, 0.3) is 23.1 Å². The van der Waals surface area contributed by atoms with E-state index in [0.29, 0.717) is 22.1 Å². The van der Waals surface area contributed by atoms with Gasteiger partial charge in [0.25, 0.3) is 0 Å². The van der Waals surface area contributed by atoms with Gasteiger partial charge in [0.1, 0.15) is 5.75 Å². The van der Waals surface area contributed by atoms with Gasteiger partial charge in [-0.05, 0) is 53.1 Å². The molecule has 2 atom stereocenters. The Bertz CT molecular complexity index is 1540. The van der Waals surface area contributed by atoms with Gasteiger partial charge in [0.05, 0.1) is 43.2 Å². The number of methoxy groups -OCH3 is 2. The van der Waals surface area contributed by atoms with Crippen molar-refractivity contribution in [1.82, 2.24) is 4.98 Å². The van der Waals surface area contributed by atoms with E-state index in [1.54, 1.807) is 24.3 Å². The van der Waals surface area contributed by atoms with E-state index >= 15 is 0 Å². The summed E-state index contributed by atoms with van der Waals surface area (Å²) in [7, 11) is 2.65. The number of ether oxygens (including phenoxy) is 3. The molecular formula is C32H30ClNO6S. The summed E-state index contributed by atoms with van der Waals surface area (Å²) in [6, 6.07) is 24.4. The van der Waals surface area contributed by atoms with Crippen molar-refractivity contribution in [2.45, 2.75) is 17.8 Å². The molecule has 0 aliphatic carbocycles. The molecule has 0 amide bonds. The zero-order valence-corrected chi connectivity index (χ0v) is 24.2. The average Bonchev–Trinajstić information content (AvgIpc) is 3.00. The summed E-state index contributed by atoms with van der Waals surface area (Å²) >= 11 is 7.59. The summed E-state index contributed by atoms with van der Waals surface area (Å²) in [5.74, 6) is 0.0759. The Balaban J connectivity index is 1.58.